The van der Waals surface area contributed by atoms with Crippen LogP contribution in [0.4, 0.5) is 5.82 Å². The molecule has 7 heteroatoms. The van der Waals surface area contributed by atoms with Crippen LogP contribution < -0.4 is 4.90 Å². The Morgan fingerprint density at radius 3 is 2.92 bits per heavy atom. The Bertz CT molecular complexity index is 770. The summed E-state index contributed by atoms with van der Waals surface area (Å²) < 4.78 is 6.32. The van der Waals surface area contributed by atoms with E-state index in [9.17, 15) is 4.79 Å². The standard InChI is InChI=1S/C19H26N4O2S/c1-25-11-2-8-23-13-19(5-3-16(23)24)6-9-22(10-7-19)18-17-15(4-12-26-17)20-14-21-18/h4,12,14H,2-3,5-11,13H2,1H3. The SMILES string of the molecule is COCCCN1CC2(CCC1=O)CCN(c1ncnc3ccsc13)CC2. The second-order valence-electron chi connectivity index (χ2n) is 7.48. The number of hydrogen-bond acceptors (Lipinski definition) is 6. The van der Waals surface area contributed by atoms with Crippen LogP contribution in [-0.4, -0.2) is 60.7 Å². The second-order valence-corrected chi connectivity index (χ2v) is 8.40. The molecule has 0 unspecified atom stereocenters. The summed E-state index contributed by atoms with van der Waals surface area (Å²) in [5, 5.41) is 2.08. The van der Waals surface area contributed by atoms with Crippen molar-refractivity contribution in [1.82, 2.24) is 14.9 Å². The Kier molecular flexibility index (Phi) is 5.09. The van der Waals surface area contributed by atoms with E-state index in [0.717, 1.165) is 69.8 Å². The third-order valence-corrected chi connectivity index (χ3v) is 6.77. The van der Waals surface area contributed by atoms with Crippen LogP contribution in [0.3, 0.4) is 0 Å². The van der Waals surface area contributed by atoms with E-state index < -0.39 is 0 Å². The van der Waals surface area contributed by atoms with Crippen LogP contribution in [0.1, 0.15) is 32.1 Å². The Hall–Kier alpha value is -1.73. The number of thiophene rings is 1. The molecule has 2 saturated heterocycles. The lowest BCUT2D eigenvalue weighted by Gasteiger charge is -2.47. The fourth-order valence-electron chi connectivity index (χ4n) is 4.31. The van der Waals surface area contributed by atoms with Crippen molar-refractivity contribution < 1.29 is 9.53 Å². The molecule has 0 N–H and O–H groups in total. The minimum Gasteiger partial charge on any atom is -0.385 e. The van der Waals surface area contributed by atoms with Gasteiger partial charge in [0.1, 0.15) is 12.1 Å². The molecule has 2 aromatic rings. The Labute approximate surface area is 158 Å². The third kappa shape index (κ3) is 3.42. The molecular weight excluding hydrogens is 348 g/mol. The van der Waals surface area contributed by atoms with Crippen LogP contribution >= 0.6 is 11.3 Å². The number of hydrogen-bond donors (Lipinski definition) is 0. The summed E-state index contributed by atoms with van der Waals surface area (Å²) in [6.07, 6.45) is 6.55. The normalized spacial score (nSPS) is 20.3. The molecule has 2 aromatic heterocycles. The van der Waals surface area contributed by atoms with Crippen LogP contribution in [0.2, 0.25) is 0 Å². The van der Waals surface area contributed by atoms with Gasteiger partial charge in [0.25, 0.3) is 0 Å². The lowest BCUT2D eigenvalue weighted by molar-refractivity contribution is -0.138. The first-order valence-corrected chi connectivity index (χ1v) is 10.3. The number of fused-ring (bicyclic) bond motifs is 1. The van der Waals surface area contributed by atoms with Crippen molar-refractivity contribution in [2.75, 3.05) is 44.8 Å². The smallest absolute Gasteiger partial charge is 0.222 e. The molecule has 1 spiro atoms. The van der Waals surface area contributed by atoms with Gasteiger partial charge in [-0.25, -0.2) is 9.97 Å². The van der Waals surface area contributed by atoms with Gasteiger partial charge in [0.05, 0.1) is 10.2 Å². The highest BCUT2D eigenvalue weighted by Crippen LogP contribution is 2.42. The first kappa shape index (κ1) is 17.7. The van der Waals surface area contributed by atoms with E-state index in [1.165, 1.54) is 4.70 Å². The molecule has 4 rings (SSSR count). The molecule has 0 saturated carbocycles. The molecule has 0 aromatic carbocycles. The van der Waals surface area contributed by atoms with Gasteiger partial charge in [0.2, 0.25) is 5.91 Å². The summed E-state index contributed by atoms with van der Waals surface area (Å²) in [5.74, 6) is 1.38. The summed E-state index contributed by atoms with van der Waals surface area (Å²) in [4.78, 5) is 25.7. The zero-order valence-corrected chi connectivity index (χ0v) is 16.1. The molecule has 6 nitrogen and oxygen atoms in total. The van der Waals surface area contributed by atoms with Crippen molar-refractivity contribution in [3.63, 3.8) is 0 Å². The number of carbonyl (C=O) groups excluding carboxylic acids is 1. The average Bonchev–Trinajstić information content (AvgIpc) is 3.15. The quantitative estimate of drug-likeness (QED) is 0.753. The fourth-order valence-corrected chi connectivity index (χ4v) is 5.17. The van der Waals surface area contributed by atoms with Crippen LogP contribution in [0.25, 0.3) is 10.2 Å². The molecular formula is C19H26N4O2S. The summed E-state index contributed by atoms with van der Waals surface area (Å²) in [5.41, 5.74) is 1.31. The van der Waals surface area contributed by atoms with Crippen molar-refractivity contribution >= 4 is 33.3 Å². The lowest BCUT2D eigenvalue weighted by atomic mass is 9.72. The van der Waals surface area contributed by atoms with E-state index in [2.05, 4.69) is 31.2 Å². The van der Waals surface area contributed by atoms with Gasteiger partial charge < -0.3 is 14.5 Å². The molecule has 2 fully saturated rings. The molecule has 2 aliphatic rings. The molecule has 0 bridgehead atoms. The molecule has 140 valence electrons. The van der Waals surface area contributed by atoms with Gasteiger partial charge in [0.15, 0.2) is 0 Å². The van der Waals surface area contributed by atoms with Crippen molar-refractivity contribution in [1.29, 1.82) is 0 Å². The zero-order valence-electron chi connectivity index (χ0n) is 15.3. The summed E-state index contributed by atoms with van der Waals surface area (Å²) >= 11 is 1.72. The number of rotatable bonds is 5. The van der Waals surface area contributed by atoms with Crippen molar-refractivity contribution in [2.45, 2.75) is 32.1 Å². The van der Waals surface area contributed by atoms with Crippen molar-refractivity contribution in [3.05, 3.63) is 17.8 Å². The maximum atomic E-state index is 12.3. The van der Waals surface area contributed by atoms with E-state index in [1.54, 1.807) is 24.8 Å². The van der Waals surface area contributed by atoms with Crippen LogP contribution in [0.5, 0.6) is 0 Å². The zero-order chi connectivity index (χ0) is 18.0. The number of amides is 1. The third-order valence-electron chi connectivity index (χ3n) is 5.87. The molecule has 2 aliphatic heterocycles. The van der Waals surface area contributed by atoms with E-state index in [0.29, 0.717) is 12.3 Å². The first-order valence-electron chi connectivity index (χ1n) is 9.41. The molecule has 4 heterocycles. The Morgan fingerprint density at radius 1 is 1.27 bits per heavy atom. The topological polar surface area (TPSA) is 58.6 Å². The highest BCUT2D eigenvalue weighted by atomic mass is 32.1. The summed E-state index contributed by atoms with van der Waals surface area (Å²) in [6.45, 7) is 4.45. The molecule has 0 radical (unpaired) electrons. The molecule has 0 atom stereocenters. The fraction of sp³-hybridized carbons (Fsp3) is 0.632. The van der Waals surface area contributed by atoms with Crippen LogP contribution in [0.15, 0.2) is 17.8 Å². The van der Waals surface area contributed by atoms with Gasteiger partial charge in [0, 0.05) is 46.3 Å². The minimum atomic E-state index is 0.277. The van der Waals surface area contributed by atoms with E-state index >= 15 is 0 Å². The number of piperidine rings is 2. The van der Waals surface area contributed by atoms with Gasteiger partial charge in [-0.2, -0.15) is 0 Å². The van der Waals surface area contributed by atoms with E-state index in [1.807, 2.05) is 0 Å². The number of carbonyl (C=O) groups is 1. The van der Waals surface area contributed by atoms with Crippen molar-refractivity contribution in [2.24, 2.45) is 5.41 Å². The van der Waals surface area contributed by atoms with Gasteiger partial charge in [-0.3, -0.25) is 4.79 Å². The van der Waals surface area contributed by atoms with Gasteiger partial charge in [-0.1, -0.05) is 0 Å². The number of anilines is 1. The number of ether oxygens (including phenoxy) is 1. The predicted octanol–water partition coefficient (Wildman–Crippen LogP) is 2.94. The predicted molar refractivity (Wildman–Crippen MR) is 104 cm³/mol. The van der Waals surface area contributed by atoms with Gasteiger partial charge >= 0.3 is 0 Å². The van der Waals surface area contributed by atoms with E-state index in [4.69, 9.17) is 4.74 Å². The lowest BCUT2D eigenvalue weighted by Crippen LogP contribution is -2.52. The molecule has 26 heavy (non-hydrogen) atoms. The average molecular weight is 375 g/mol. The number of nitrogens with zero attached hydrogens (tertiary/aromatic N) is 4. The largest absolute Gasteiger partial charge is 0.385 e. The van der Waals surface area contributed by atoms with E-state index in [-0.39, 0.29) is 5.41 Å². The minimum absolute atomic E-state index is 0.277. The second kappa shape index (κ2) is 7.48. The maximum Gasteiger partial charge on any atom is 0.222 e. The monoisotopic (exact) mass is 374 g/mol. The highest BCUT2D eigenvalue weighted by Gasteiger charge is 2.41. The summed E-state index contributed by atoms with van der Waals surface area (Å²) in [7, 11) is 1.72. The highest BCUT2D eigenvalue weighted by molar-refractivity contribution is 7.17. The number of methoxy groups -OCH3 is 1. The van der Waals surface area contributed by atoms with Crippen LogP contribution in [-0.2, 0) is 9.53 Å². The number of likely N-dealkylation sites (tertiary alicyclic amines) is 1. The Morgan fingerprint density at radius 2 is 2.12 bits per heavy atom. The van der Waals surface area contributed by atoms with Crippen LogP contribution in [0, 0.1) is 5.41 Å². The van der Waals surface area contributed by atoms with Gasteiger partial charge in [-0.15, -0.1) is 11.3 Å². The van der Waals surface area contributed by atoms with Crippen molar-refractivity contribution in [3.8, 4) is 0 Å². The first-order chi connectivity index (χ1) is 12.7. The Balaban J connectivity index is 1.42. The molecule has 1 amide bonds. The maximum absolute atomic E-state index is 12.3. The number of aromatic nitrogens is 2. The van der Waals surface area contributed by atoms with Gasteiger partial charge in [-0.05, 0) is 42.5 Å². The summed E-state index contributed by atoms with van der Waals surface area (Å²) in [6, 6.07) is 2.06. The molecule has 0 aliphatic carbocycles.